The number of nitrogens with one attached hydrogen (secondary N) is 1. The molecule has 0 radical (unpaired) electrons. The molecule has 2 aromatic carbocycles. The Bertz CT molecular complexity index is 1120. The summed E-state index contributed by atoms with van der Waals surface area (Å²) in [6.45, 7) is 1.09. The normalized spacial score (nSPS) is 10.8. The van der Waals surface area contributed by atoms with Gasteiger partial charge in [0.05, 0.1) is 19.2 Å². The summed E-state index contributed by atoms with van der Waals surface area (Å²) < 4.78 is 7.17. The smallest absolute Gasteiger partial charge is 0.272 e. The first-order valence-electron chi connectivity index (χ1n) is 9.50. The number of aromatic nitrogens is 3. The van der Waals surface area contributed by atoms with Crippen molar-refractivity contribution in [2.75, 3.05) is 13.7 Å². The van der Waals surface area contributed by atoms with Gasteiger partial charge >= 0.3 is 0 Å². The van der Waals surface area contributed by atoms with Crippen LogP contribution in [-0.2, 0) is 13.0 Å². The molecule has 2 aromatic heterocycles. The van der Waals surface area contributed by atoms with Crippen molar-refractivity contribution in [2.24, 2.45) is 0 Å². The molecule has 4 rings (SSSR count). The largest absolute Gasteiger partial charge is 0.497 e. The maximum atomic E-state index is 12.8. The Hall–Kier alpha value is -3.67. The molecule has 0 aliphatic carbocycles. The number of methoxy groups -OCH3 is 1. The van der Waals surface area contributed by atoms with Gasteiger partial charge in [-0.05, 0) is 41.8 Å². The van der Waals surface area contributed by atoms with Crippen LogP contribution in [0.4, 0.5) is 0 Å². The van der Waals surface area contributed by atoms with Crippen LogP contribution in [0.2, 0.25) is 0 Å². The number of carbonyl (C=O) groups excluding carboxylic acids is 1. The molecule has 0 bridgehead atoms. The first-order chi connectivity index (χ1) is 14.2. The Morgan fingerprint density at radius 1 is 1.07 bits per heavy atom. The quantitative estimate of drug-likeness (QED) is 0.528. The van der Waals surface area contributed by atoms with E-state index in [1.165, 1.54) is 0 Å². The van der Waals surface area contributed by atoms with Gasteiger partial charge in [0.15, 0.2) is 5.69 Å². The molecular weight excluding hydrogens is 364 g/mol. The number of amides is 1. The summed E-state index contributed by atoms with van der Waals surface area (Å²) in [7, 11) is 1.65. The number of hydrogen-bond acceptors (Lipinski definition) is 4. The Morgan fingerprint density at radius 2 is 1.93 bits per heavy atom. The zero-order valence-corrected chi connectivity index (χ0v) is 16.2. The monoisotopic (exact) mass is 386 g/mol. The molecule has 1 N–H and O–H groups in total. The van der Waals surface area contributed by atoms with Crippen LogP contribution >= 0.6 is 0 Å². The number of carbonyl (C=O) groups is 1. The van der Waals surface area contributed by atoms with E-state index in [2.05, 4.69) is 15.4 Å². The minimum absolute atomic E-state index is 0.172. The highest BCUT2D eigenvalue weighted by Crippen LogP contribution is 2.21. The third-order valence-electron chi connectivity index (χ3n) is 4.76. The zero-order chi connectivity index (χ0) is 20.1. The molecule has 0 saturated carbocycles. The van der Waals surface area contributed by atoms with Crippen molar-refractivity contribution in [3.8, 4) is 5.75 Å². The molecule has 0 unspecified atom stereocenters. The molecule has 0 fully saturated rings. The Balaban J connectivity index is 1.54. The van der Waals surface area contributed by atoms with Crippen LogP contribution in [0.5, 0.6) is 5.75 Å². The molecule has 0 saturated heterocycles. The van der Waals surface area contributed by atoms with Crippen molar-refractivity contribution < 1.29 is 9.53 Å². The average Bonchev–Trinajstić information content (AvgIpc) is 3.13. The topological polar surface area (TPSA) is 69.0 Å². The van der Waals surface area contributed by atoms with Gasteiger partial charge in [-0.2, -0.15) is 5.10 Å². The van der Waals surface area contributed by atoms with E-state index in [0.717, 1.165) is 34.2 Å². The maximum absolute atomic E-state index is 12.8. The van der Waals surface area contributed by atoms with Gasteiger partial charge in [-0.1, -0.05) is 36.4 Å². The molecule has 1 amide bonds. The van der Waals surface area contributed by atoms with E-state index in [4.69, 9.17) is 4.74 Å². The zero-order valence-electron chi connectivity index (χ0n) is 16.2. The van der Waals surface area contributed by atoms with Crippen molar-refractivity contribution in [2.45, 2.75) is 13.0 Å². The average molecular weight is 386 g/mol. The highest BCUT2D eigenvalue weighted by Gasteiger charge is 2.17. The van der Waals surface area contributed by atoms with Crippen molar-refractivity contribution in [1.82, 2.24) is 20.1 Å². The van der Waals surface area contributed by atoms with Crippen LogP contribution < -0.4 is 10.1 Å². The first-order valence-corrected chi connectivity index (χ1v) is 9.50. The maximum Gasteiger partial charge on any atom is 0.272 e. The molecule has 0 atom stereocenters. The van der Waals surface area contributed by atoms with Crippen molar-refractivity contribution in [1.29, 1.82) is 0 Å². The van der Waals surface area contributed by atoms with Crippen LogP contribution in [-0.4, -0.2) is 34.3 Å². The molecule has 4 aromatic rings. The van der Waals surface area contributed by atoms with Gasteiger partial charge in [0.25, 0.3) is 5.91 Å². The molecule has 29 heavy (non-hydrogen) atoms. The number of rotatable bonds is 7. The summed E-state index contributed by atoms with van der Waals surface area (Å²) >= 11 is 0. The fourth-order valence-electron chi connectivity index (χ4n) is 3.31. The fraction of sp³-hybridized carbons (Fsp3) is 0.174. The second kappa shape index (κ2) is 8.56. The van der Waals surface area contributed by atoms with E-state index in [9.17, 15) is 4.79 Å². The van der Waals surface area contributed by atoms with E-state index >= 15 is 0 Å². The van der Waals surface area contributed by atoms with E-state index < -0.39 is 0 Å². The third kappa shape index (κ3) is 4.27. The second-order valence-corrected chi connectivity index (χ2v) is 6.74. The van der Waals surface area contributed by atoms with Gasteiger partial charge in [0, 0.05) is 24.3 Å². The van der Waals surface area contributed by atoms with Gasteiger partial charge < -0.3 is 10.1 Å². The highest BCUT2D eigenvalue weighted by atomic mass is 16.5. The lowest BCUT2D eigenvalue weighted by Gasteiger charge is -2.06. The molecule has 0 aliphatic heterocycles. The molecule has 6 heteroatoms. The summed E-state index contributed by atoms with van der Waals surface area (Å²) in [5.74, 6) is 0.627. The van der Waals surface area contributed by atoms with E-state index in [1.807, 2.05) is 71.5 Å². The van der Waals surface area contributed by atoms with Gasteiger partial charge in [-0.3, -0.25) is 14.5 Å². The number of hydrogen-bond donors (Lipinski definition) is 1. The predicted octanol–water partition coefficient (Wildman–Crippen LogP) is 3.46. The number of benzene rings is 2. The minimum atomic E-state index is -0.172. The lowest BCUT2D eigenvalue weighted by Crippen LogP contribution is -2.26. The number of ether oxygens (including phenoxy) is 1. The number of pyridine rings is 1. The lowest BCUT2D eigenvalue weighted by atomic mass is 10.2. The van der Waals surface area contributed by atoms with E-state index in [0.29, 0.717) is 18.8 Å². The number of nitrogens with zero attached hydrogens (tertiary/aromatic N) is 3. The van der Waals surface area contributed by atoms with Crippen LogP contribution in [0.1, 0.15) is 21.6 Å². The highest BCUT2D eigenvalue weighted by molar-refractivity contribution is 6.04. The summed E-state index contributed by atoms with van der Waals surface area (Å²) in [6, 6.07) is 19.5. The summed E-state index contributed by atoms with van der Waals surface area (Å²) in [4.78, 5) is 16.9. The van der Waals surface area contributed by atoms with Gasteiger partial charge in [0.1, 0.15) is 5.75 Å². The molecular formula is C23H22N4O2. The SMILES string of the molecule is COc1cccc(Cn2nc(C(=O)NCCc3cccnc3)c3ccccc32)c1. The summed E-state index contributed by atoms with van der Waals surface area (Å²) in [5.41, 5.74) is 3.50. The van der Waals surface area contributed by atoms with Crippen LogP contribution in [0.3, 0.4) is 0 Å². The first kappa shape index (κ1) is 18.7. The molecule has 0 spiro atoms. The van der Waals surface area contributed by atoms with Crippen molar-refractivity contribution in [3.05, 3.63) is 89.9 Å². The number of fused-ring (bicyclic) bond motifs is 1. The molecule has 6 nitrogen and oxygen atoms in total. The standard InChI is InChI=1S/C23H22N4O2/c1-29-19-8-4-6-18(14-19)16-27-21-10-3-2-9-20(21)22(26-27)23(28)25-13-11-17-7-5-12-24-15-17/h2-10,12,14-15H,11,13,16H2,1H3,(H,25,28). The fourth-order valence-corrected chi connectivity index (χ4v) is 3.31. The van der Waals surface area contributed by atoms with Crippen LogP contribution in [0.25, 0.3) is 10.9 Å². The molecule has 2 heterocycles. The van der Waals surface area contributed by atoms with Gasteiger partial charge in [0.2, 0.25) is 0 Å². The predicted molar refractivity (Wildman–Crippen MR) is 112 cm³/mol. The van der Waals surface area contributed by atoms with Crippen LogP contribution in [0, 0.1) is 0 Å². The number of para-hydroxylation sites is 1. The van der Waals surface area contributed by atoms with E-state index in [1.54, 1.807) is 13.3 Å². The summed E-state index contributed by atoms with van der Waals surface area (Å²) in [5, 5.41) is 8.43. The van der Waals surface area contributed by atoms with E-state index in [-0.39, 0.29) is 5.91 Å². The summed E-state index contributed by atoms with van der Waals surface area (Å²) in [6.07, 6.45) is 4.27. The lowest BCUT2D eigenvalue weighted by molar-refractivity contribution is 0.0950. The minimum Gasteiger partial charge on any atom is -0.497 e. The Labute approximate surface area is 169 Å². The Kier molecular flexibility index (Phi) is 5.52. The molecule has 0 aliphatic rings. The third-order valence-corrected chi connectivity index (χ3v) is 4.76. The van der Waals surface area contributed by atoms with Crippen molar-refractivity contribution >= 4 is 16.8 Å². The van der Waals surface area contributed by atoms with Gasteiger partial charge in [-0.25, -0.2) is 0 Å². The Morgan fingerprint density at radius 3 is 2.76 bits per heavy atom. The van der Waals surface area contributed by atoms with Crippen molar-refractivity contribution in [3.63, 3.8) is 0 Å². The van der Waals surface area contributed by atoms with Gasteiger partial charge in [-0.15, -0.1) is 0 Å². The second-order valence-electron chi connectivity index (χ2n) is 6.74. The van der Waals surface area contributed by atoms with Crippen LogP contribution in [0.15, 0.2) is 73.1 Å². The molecule has 146 valence electrons.